The number of piperidine rings is 1. The molecule has 4 heteroatoms. The summed E-state index contributed by atoms with van der Waals surface area (Å²) in [5.41, 5.74) is 0. The van der Waals surface area contributed by atoms with Crippen molar-refractivity contribution >= 4 is 5.91 Å². The summed E-state index contributed by atoms with van der Waals surface area (Å²) in [5.74, 6) is 0.0771. The SMILES string of the molecule is CCC(=O)NC1CCCCN1[CH]CO. The lowest BCUT2D eigenvalue weighted by molar-refractivity contribution is -0.123. The van der Waals surface area contributed by atoms with Gasteiger partial charge in [0.15, 0.2) is 0 Å². The van der Waals surface area contributed by atoms with Gasteiger partial charge in [0.1, 0.15) is 0 Å². The van der Waals surface area contributed by atoms with Crippen LogP contribution in [0.1, 0.15) is 32.6 Å². The summed E-state index contributed by atoms with van der Waals surface area (Å²) in [6.07, 6.45) is 3.86. The molecule has 1 amide bonds. The number of nitrogens with zero attached hydrogens (tertiary/aromatic N) is 1. The molecule has 1 heterocycles. The summed E-state index contributed by atoms with van der Waals surface area (Å²) in [7, 11) is 0. The summed E-state index contributed by atoms with van der Waals surface area (Å²) in [4.78, 5) is 13.2. The highest BCUT2D eigenvalue weighted by molar-refractivity contribution is 5.75. The van der Waals surface area contributed by atoms with Crippen LogP contribution in [0, 0.1) is 6.54 Å². The van der Waals surface area contributed by atoms with Gasteiger partial charge in [0.05, 0.1) is 19.3 Å². The predicted octanol–water partition coefficient (Wildman–Crippen LogP) is 0.479. The van der Waals surface area contributed by atoms with Crippen molar-refractivity contribution in [2.75, 3.05) is 13.2 Å². The second-order valence-corrected chi connectivity index (χ2v) is 3.54. The maximum absolute atomic E-state index is 11.2. The van der Waals surface area contributed by atoms with Crippen LogP contribution in [-0.2, 0) is 4.79 Å². The van der Waals surface area contributed by atoms with E-state index in [-0.39, 0.29) is 18.7 Å². The van der Waals surface area contributed by atoms with Gasteiger partial charge < -0.3 is 10.4 Å². The molecule has 1 unspecified atom stereocenters. The van der Waals surface area contributed by atoms with Crippen molar-refractivity contribution in [3.05, 3.63) is 6.54 Å². The molecule has 14 heavy (non-hydrogen) atoms. The van der Waals surface area contributed by atoms with Crippen LogP contribution in [0.2, 0.25) is 0 Å². The van der Waals surface area contributed by atoms with Gasteiger partial charge in [0.2, 0.25) is 5.91 Å². The van der Waals surface area contributed by atoms with Crippen LogP contribution in [0.15, 0.2) is 0 Å². The number of carbonyl (C=O) groups is 1. The van der Waals surface area contributed by atoms with E-state index in [4.69, 9.17) is 5.11 Å². The first-order valence-electron chi connectivity index (χ1n) is 5.27. The fourth-order valence-corrected chi connectivity index (χ4v) is 1.72. The minimum Gasteiger partial charge on any atom is -0.395 e. The average molecular weight is 199 g/mol. The summed E-state index contributed by atoms with van der Waals surface area (Å²) >= 11 is 0. The number of likely N-dealkylation sites (tertiary alicyclic amines) is 1. The quantitative estimate of drug-likeness (QED) is 0.692. The van der Waals surface area contributed by atoms with E-state index in [1.807, 2.05) is 11.8 Å². The van der Waals surface area contributed by atoms with Crippen molar-refractivity contribution in [2.45, 2.75) is 38.8 Å². The third kappa shape index (κ3) is 3.27. The number of hydrogen-bond acceptors (Lipinski definition) is 3. The normalized spacial score (nSPS) is 23.4. The molecule has 0 bridgehead atoms. The van der Waals surface area contributed by atoms with Crippen molar-refractivity contribution < 1.29 is 9.90 Å². The minimum atomic E-state index is 0.0402. The molecule has 0 spiro atoms. The summed E-state index contributed by atoms with van der Waals surface area (Å²) < 4.78 is 0. The second-order valence-electron chi connectivity index (χ2n) is 3.54. The van der Waals surface area contributed by atoms with Crippen molar-refractivity contribution in [3.63, 3.8) is 0 Å². The van der Waals surface area contributed by atoms with Gasteiger partial charge in [-0.25, -0.2) is 0 Å². The number of nitrogens with one attached hydrogen (secondary N) is 1. The van der Waals surface area contributed by atoms with Gasteiger partial charge in [-0.1, -0.05) is 6.92 Å². The lowest BCUT2D eigenvalue weighted by Gasteiger charge is -2.35. The average Bonchev–Trinajstić information content (AvgIpc) is 2.21. The second kappa shape index (κ2) is 5.98. The van der Waals surface area contributed by atoms with Crippen molar-refractivity contribution in [1.29, 1.82) is 0 Å². The van der Waals surface area contributed by atoms with E-state index in [1.165, 1.54) is 0 Å². The van der Waals surface area contributed by atoms with E-state index >= 15 is 0 Å². The molecule has 4 nitrogen and oxygen atoms in total. The number of rotatable bonds is 4. The van der Waals surface area contributed by atoms with Crippen LogP contribution in [0.5, 0.6) is 0 Å². The zero-order valence-electron chi connectivity index (χ0n) is 8.70. The Balaban J connectivity index is 2.41. The Bertz CT molecular complexity index is 183. The molecule has 1 rings (SSSR count). The van der Waals surface area contributed by atoms with E-state index in [1.54, 1.807) is 6.54 Å². The number of carbonyl (C=O) groups excluding carboxylic acids is 1. The Labute approximate surface area is 85.3 Å². The first kappa shape index (κ1) is 11.5. The van der Waals surface area contributed by atoms with Crippen molar-refractivity contribution in [1.82, 2.24) is 10.2 Å². The molecule has 1 atom stereocenters. The summed E-state index contributed by atoms with van der Waals surface area (Å²) in [6, 6.07) is 0. The van der Waals surface area contributed by atoms with Crippen LogP contribution in [0.25, 0.3) is 0 Å². The van der Waals surface area contributed by atoms with E-state index in [0.29, 0.717) is 6.42 Å². The van der Waals surface area contributed by atoms with Gasteiger partial charge in [0, 0.05) is 13.0 Å². The molecule has 1 radical (unpaired) electrons. The number of hydrogen-bond donors (Lipinski definition) is 2. The van der Waals surface area contributed by atoms with Crippen LogP contribution >= 0.6 is 0 Å². The Hall–Kier alpha value is -0.610. The summed E-state index contributed by atoms with van der Waals surface area (Å²) in [6.45, 7) is 4.56. The minimum absolute atomic E-state index is 0.0402. The molecule has 1 saturated heterocycles. The molecule has 1 aliphatic rings. The molecular formula is C10H19N2O2. The zero-order chi connectivity index (χ0) is 10.4. The molecule has 0 aromatic rings. The van der Waals surface area contributed by atoms with Gasteiger partial charge >= 0.3 is 0 Å². The molecule has 0 aliphatic carbocycles. The number of aliphatic hydroxyl groups excluding tert-OH is 1. The standard InChI is InChI=1S/C10H19N2O2/c1-2-10(14)11-9-5-3-4-6-12(9)7-8-13/h7,9,13H,2-6,8H2,1H3,(H,11,14). The zero-order valence-corrected chi connectivity index (χ0v) is 8.70. The highest BCUT2D eigenvalue weighted by Crippen LogP contribution is 2.15. The molecule has 1 aliphatic heterocycles. The first-order chi connectivity index (χ1) is 6.77. The van der Waals surface area contributed by atoms with Crippen LogP contribution in [0.3, 0.4) is 0 Å². The van der Waals surface area contributed by atoms with Gasteiger partial charge in [-0.2, -0.15) is 0 Å². The lowest BCUT2D eigenvalue weighted by Crippen LogP contribution is -2.49. The Morgan fingerprint density at radius 1 is 1.64 bits per heavy atom. The molecule has 1 fully saturated rings. The maximum Gasteiger partial charge on any atom is 0.220 e. The topological polar surface area (TPSA) is 52.6 Å². The Morgan fingerprint density at radius 2 is 2.43 bits per heavy atom. The Morgan fingerprint density at radius 3 is 3.07 bits per heavy atom. The highest BCUT2D eigenvalue weighted by Gasteiger charge is 2.22. The number of aliphatic hydroxyl groups is 1. The van der Waals surface area contributed by atoms with E-state index in [9.17, 15) is 4.79 Å². The van der Waals surface area contributed by atoms with Crippen molar-refractivity contribution in [3.8, 4) is 0 Å². The largest absolute Gasteiger partial charge is 0.395 e. The third-order valence-electron chi connectivity index (χ3n) is 2.51. The smallest absolute Gasteiger partial charge is 0.220 e. The van der Waals surface area contributed by atoms with E-state index < -0.39 is 0 Å². The van der Waals surface area contributed by atoms with Crippen LogP contribution in [-0.4, -0.2) is 35.2 Å². The molecule has 2 N–H and O–H groups in total. The molecule has 0 aromatic carbocycles. The van der Waals surface area contributed by atoms with E-state index in [0.717, 1.165) is 25.8 Å². The van der Waals surface area contributed by atoms with Gasteiger partial charge in [0.25, 0.3) is 0 Å². The van der Waals surface area contributed by atoms with Gasteiger partial charge in [-0.05, 0) is 19.3 Å². The lowest BCUT2D eigenvalue weighted by atomic mass is 10.1. The molecule has 81 valence electrons. The van der Waals surface area contributed by atoms with Crippen molar-refractivity contribution in [2.24, 2.45) is 0 Å². The van der Waals surface area contributed by atoms with Crippen LogP contribution in [0.4, 0.5) is 0 Å². The third-order valence-corrected chi connectivity index (χ3v) is 2.51. The van der Waals surface area contributed by atoms with Gasteiger partial charge in [-0.15, -0.1) is 0 Å². The first-order valence-corrected chi connectivity index (χ1v) is 5.27. The molecular weight excluding hydrogens is 180 g/mol. The number of amides is 1. The predicted molar refractivity (Wildman–Crippen MR) is 54.2 cm³/mol. The van der Waals surface area contributed by atoms with Crippen LogP contribution < -0.4 is 5.32 Å². The summed E-state index contributed by atoms with van der Waals surface area (Å²) in [5, 5.41) is 11.8. The Kier molecular flexibility index (Phi) is 4.90. The fourth-order valence-electron chi connectivity index (χ4n) is 1.72. The maximum atomic E-state index is 11.2. The highest BCUT2D eigenvalue weighted by atomic mass is 16.3. The monoisotopic (exact) mass is 199 g/mol. The molecule has 0 saturated carbocycles. The molecule has 0 aromatic heterocycles. The van der Waals surface area contributed by atoms with E-state index in [2.05, 4.69) is 5.32 Å². The van der Waals surface area contributed by atoms with Gasteiger partial charge in [-0.3, -0.25) is 9.69 Å². The fraction of sp³-hybridized carbons (Fsp3) is 0.800.